The second-order valence-corrected chi connectivity index (χ2v) is 8.35. The van der Waals surface area contributed by atoms with Gasteiger partial charge in [-0.2, -0.15) is 5.10 Å². The van der Waals surface area contributed by atoms with Crippen molar-refractivity contribution in [1.29, 1.82) is 0 Å². The van der Waals surface area contributed by atoms with Crippen molar-refractivity contribution in [3.8, 4) is 35.3 Å². The fraction of sp³-hybridized carbons (Fsp3) is 0.345. The van der Waals surface area contributed by atoms with Gasteiger partial charge in [0.05, 0.1) is 26.0 Å². The first-order valence-electron chi connectivity index (χ1n) is 12.3. The van der Waals surface area contributed by atoms with Crippen molar-refractivity contribution in [3.63, 3.8) is 0 Å². The number of terminal acetylenes is 1. The number of aromatic nitrogens is 2. The van der Waals surface area contributed by atoms with Crippen LogP contribution in [0.25, 0.3) is 0 Å². The summed E-state index contributed by atoms with van der Waals surface area (Å²) < 4.78 is 25.4. The van der Waals surface area contributed by atoms with E-state index < -0.39 is 11.9 Å². The van der Waals surface area contributed by atoms with Crippen molar-refractivity contribution in [2.75, 3.05) is 34.2 Å². The van der Waals surface area contributed by atoms with Gasteiger partial charge in [0.1, 0.15) is 34.1 Å². The molecule has 0 amide bonds. The molecule has 3 aromatic rings. The number of carbonyl (C=O) groups excluding carboxylic acids is 1. The number of carboxylic acid groups (broad SMARTS) is 1. The summed E-state index contributed by atoms with van der Waals surface area (Å²) in [6.07, 6.45) is 7.25. The van der Waals surface area contributed by atoms with Gasteiger partial charge in [-0.15, -0.1) is 12.3 Å². The SMILES string of the molecule is C#CCCOc1ccc(OCCCc2c(C)n[nH]c2C)cc1C(=O)O.COCOc1ccc(O)c(C(=O)OC)c1. The lowest BCUT2D eigenvalue weighted by molar-refractivity contribution is 0.0502. The number of phenolic OH excluding ortho intramolecular Hbond substituents is 1. The lowest BCUT2D eigenvalue weighted by Gasteiger charge is -2.11. The number of hydrogen-bond acceptors (Lipinski definition) is 9. The standard InChI is InChI=1S/C19H22N2O4.C10H12O5/c1-4-5-10-25-18-9-8-15(12-17(18)19(22)23)24-11-6-7-16-13(2)20-21-14(16)3;1-13-6-15-7-3-4-9(11)8(5-7)10(12)14-2/h1,8-9,12H,5-7,10-11H2,2-3H3,(H,20,21)(H,22,23);3-5,11H,6H2,1-2H3. The van der Waals surface area contributed by atoms with E-state index in [0.717, 1.165) is 24.2 Å². The maximum Gasteiger partial charge on any atom is 0.341 e. The van der Waals surface area contributed by atoms with Crippen molar-refractivity contribution in [2.45, 2.75) is 33.1 Å². The summed E-state index contributed by atoms with van der Waals surface area (Å²) in [6.45, 7) is 4.80. The third-order valence-electron chi connectivity index (χ3n) is 5.52. The number of nitrogens with zero attached hydrogens (tertiary/aromatic N) is 1. The Morgan fingerprint density at radius 2 is 1.70 bits per heavy atom. The first-order chi connectivity index (χ1) is 19.2. The highest BCUT2D eigenvalue weighted by atomic mass is 16.7. The van der Waals surface area contributed by atoms with Gasteiger partial charge in [-0.25, -0.2) is 9.59 Å². The molecule has 1 heterocycles. The van der Waals surface area contributed by atoms with E-state index in [9.17, 15) is 19.8 Å². The predicted molar refractivity (Wildman–Crippen MR) is 146 cm³/mol. The van der Waals surface area contributed by atoms with E-state index in [4.69, 9.17) is 25.4 Å². The molecule has 0 fully saturated rings. The molecule has 3 N–H and O–H groups in total. The molecule has 0 saturated carbocycles. The maximum atomic E-state index is 11.4. The van der Waals surface area contributed by atoms with Crippen LogP contribution in [-0.4, -0.2) is 66.6 Å². The molecule has 214 valence electrons. The second kappa shape index (κ2) is 16.3. The van der Waals surface area contributed by atoms with Crippen molar-refractivity contribution in [2.24, 2.45) is 0 Å². The Hall–Kier alpha value is -4.69. The van der Waals surface area contributed by atoms with Crippen LogP contribution < -0.4 is 14.2 Å². The van der Waals surface area contributed by atoms with Gasteiger partial charge in [-0.05, 0) is 68.7 Å². The van der Waals surface area contributed by atoms with Crippen LogP contribution in [-0.2, 0) is 15.9 Å². The molecule has 3 rings (SSSR count). The molecule has 11 heteroatoms. The molecular weight excluding hydrogens is 520 g/mol. The second-order valence-electron chi connectivity index (χ2n) is 8.35. The zero-order valence-electron chi connectivity index (χ0n) is 23.0. The Bertz CT molecular complexity index is 1290. The van der Waals surface area contributed by atoms with Gasteiger partial charge in [0, 0.05) is 19.2 Å². The monoisotopic (exact) mass is 554 g/mol. The predicted octanol–water partition coefficient (Wildman–Crippen LogP) is 4.30. The maximum absolute atomic E-state index is 11.4. The number of H-pyrrole nitrogens is 1. The summed E-state index contributed by atoms with van der Waals surface area (Å²) in [4.78, 5) is 22.6. The number of hydrogen-bond donors (Lipinski definition) is 3. The fourth-order valence-corrected chi connectivity index (χ4v) is 3.50. The first-order valence-corrected chi connectivity index (χ1v) is 12.3. The summed E-state index contributed by atoms with van der Waals surface area (Å²) in [5, 5.41) is 25.8. The summed E-state index contributed by atoms with van der Waals surface area (Å²) in [6, 6.07) is 9.05. The van der Waals surface area contributed by atoms with Gasteiger partial charge in [-0.1, -0.05) is 0 Å². The topological polar surface area (TPSA) is 149 Å². The first kappa shape index (κ1) is 31.5. The molecule has 11 nitrogen and oxygen atoms in total. The van der Waals surface area contributed by atoms with Crippen LogP contribution in [0.1, 0.15) is 50.5 Å². The third-order valence-corrected chi connectivity index (χ3v) is 5.52. The molecule has 0 saturated heterocycles. The number of aryl methyl sites for hydroxylation is 2. The summed E-state index contributed by atoms with van der Waals surface area (Å²) in [7, 11) is 2.73. The highest BCUT2D eigenvalue weighted by molar-refractivity contribution is 5.92. The van der Waals surface area contributed by atoms with Crippen molar-refractivity contribution >= 4 is 11.9 Å². The van der Waals surface area contributed by atoms with E-state index in [1.165, 1.54) is 44.0 Å². The Morgan fingerprint density at radius 3 is 2.33 bits per heavy atom. The number of ether oxygens (including phenoxy) is 5. The van der Waals surface area contributed by atoms with Crippen molar-refractivity contribution < 1.29 is 43.5 Å². The largest absolute Gasteiger partial charge is 0.507 e. The van der Waals surface area contributed by atoms with E-state index in [1.807, 2.05) is 13.8 Å². The summed E-state index contributed by atoms with van der Waals surface area (Å²) in [5.41, 5.74) is 3.40. The van der Waals surface area contributed by atoms with E-state index >= 15 is 0 Å². The Labute approximate surface area is 233 Å². The smallest absolute Gasteiger partial charge is 0.341 e. The zero-order valence-corrected chi connectivity index (χ0v) is 23.0. The minimum Gasteiger partial charge on any atom is -0.507 e. The number of carbonyl (C=O) groups is 2. The fourth-order valence-electron chi connectivity index (χ4n) is 3.50. The van der Waals surface area contributed by atoms with Gasteiger partial charge < -0.3 is 33.9 Å². The van der Waals surface area contributed by atoms with Gasteiger partial charge >= 0.3 is 11.9 Å². The highest BCUT2D eigenvalue weighted by Crippen LogP contribution is 2.25. The van der Waals surface area contributed by atoms with Crippen LogP contribution in [0.4, 0.5) is 0 Å². The van der Waals surface area contributed by atoms with Crippen LogP contribution in [0.5, 0.6) is 23.0 Å². The Morgan fingerprint density at radius 1 is 1.00 bits per heavy atom. The van der Waals surface area contributed by atoms with E-state index in [-0.39, 0.29) is 30.3 Å². The Kier molecular flexibility index (Phi) is 12.9. The summed E-state index contributed by atoms with van der Waals surface area (Å²) >= 11 is 0. The van der Waals surface area contributed by atoms with Crippen molar-refractivity contribution in [1.82, 2.24) is 10.2 Å². The molecule has 2 aromatic carbocycles. The zero-order chi connectivity index (χ0) is 29.5. The normalized spacial score (nSPS) is 10.1. The number of methoxy groups -OCH3 is 2. The van der Waals surface area contributed by atoms with Crippen LogP contribution in [0.3, 0.4) is 0 Å². The minimum atomic E-state index is -1.06. The van der Waals surface area contributed by atoms with Gasteiger partial charge in [0.25, 0.3) is 0 Å². The molecule has 0 bridgehead atoms. The van der Waals surface area contributed by atoms with Gasteiger partial charge in [0.2, 0.25) is 0 Å². The molecule has 0 spiro atoms. The minimum absolute atomic E-state index is 0.0612. The molecule has 40 heavy (non-hydrogen) atoms. The van der Waals surface area contributed by atoms with E-state index in [0.29, 0.717) is 30.3 Å². The molecule has 0 aliphatic carbocycles. The number of aromatic hydroxyl groups is 1. The number of nitrogens with one attached hydrogen (secondary N) is 1. The molecule has 0 radical (unpaired) electrons. The average Bonchev–Trinajstić information content (AvgIpc) is 3.27. The molecule has 0 aliphatic heterocycles. The highest BCUT2D eigenvalue weighted by Gasteiger charge is 2.14. The Balaban J connectivity index is 0.000000319. The van der Waals surface area contributed by atoms with E-state index in [1.54, 1.807) is 12.1 Å². The third kappa shape index (κ3) is 9.56. The van der Waals surface area contributed by atoms with Crippen LogP contribution >= 0.6 is 0 Å². The molecule has 1 aromatic heterocycles. The number of aromatic amines is 1. The van der Waals surface area contributed by atoms with Crippen molar-refractivity contribution in [3.05, 3.63) is 64.5 Å². The number of esters is 1. The van der Waals surface area contributed by atoms with Gasteiger partial charge in [-0.3, -0.25) is 5.10 Å². The van der Waals surface area contributed by atoms with Gasteiger partial charge in [0.15, 0.2) is 6.79 Å². The molecule has 0 aliphatic rings. The van der Waals surface area contributed by atoms with E-state index in [2.05, 4.69) is 20.9 Å². The molecule has 0 atom stereocenters. The number of benzene rings is 2. The molecular formula is C29H34N2O9. The van der Waals surface area contributed by atoms with Crippen LogP contribution in [0.2, 0.25) is 0 Å². The number of phenols is 1. The van der Waals surface area contributed by atoms with Crippen LogP contribution in [0.15, 0.2) is 36.4 Å². The quantitative estimate of drug-likeness (QED) is 0.121. The number of aromatic carboxylic acids is 1. The average molecular weight is 555 g/mol. The summed E-state index contributed by atoms with van der Waals surface area (Å²) in [5.74, 6) is 1.84. The molecule has 0 unspecified atom stereocenters. The lowest BCUT2D eigenvalue weighted by Crippen LogP contribution is -2.06. The number of rotatable bonds is 13. The lowest BCUT2D eigenvalue weighted by atomic mass is 10.1. The van der Waals surface area contributed by atoms with Crippen LogP contribution in [0, 0.1) is 26.2 Å². The number of carboxylic acids is 1.